The minimum absolute atomic E-state index is 0.0294. The number of hydrogen-bond acceptors (Lipinski definition) is 6. The molecule has 1 atom stereocenters. The van der Waals surface area contributed by atoms with Crippen LogP contribution in [0.3, 0.4) is 0 Å². The van der Waals surface area contributed by atoms with E-state index in [4.69, 9.17) is 16.0 Å². The van der Waals surface area contributed by atoms with Gasteiger partial charge >= 0.3 is 0 Å². The van der Waals surface area contributed by atoms with Crippen LogP contribution in [0.5, 0.6) is 0 Å². The Morgan fingerprint density at radius 1 is 1.21 bits per heavy atom. The highest BCUT2D eigenvalue weighted by Gasteiger charge is 2.17. The molecule has 0 aliphatic carbocycles. The van der Waals surface area contributed by atoms with Gasteiger partial charge < -0.3 is 9.52 Å². The summed E-state index contributed by atoms with van der Waals surface area (Å²) in [5.41, 5.74) is 2.91. The van der Waals surface area contributed by atoms with Crippen LogP contribution < -0.4 is 5.43 Å². The molecule has 0 saturated heterocycles. The Morgan fingerprint density at radius 3 is 2.68 bits per heavy atom. The second-order valence-corrected chi connectivity index (χ2v) is 6.08. The van der Waals surface area contributed by atoms with Crippen LogP contribution in [0.25, 0.3) is 11.3 Å². The number of nitro benzene ring substituents is 1. The molecule has 1 heterocycles. The molecule has 0 aliphatic heterocycles. The fourth-order valence-corrected chi connectivity index (χ4v) is 2.58. The fraction of sp³-hybridized carbons (Fsp3) is 0.0526. The zero-order valence-electron chi connectivity index (χ0n) is 14.3. The summed E-state index contributed by atoms with van der Waals surface area (Å²) < 4.78 is 5.54. The number of aliphatic hydroxyl groups is 1. The Morgan fingerprint density at radius 2 is 1.96 bits per heavy atom. The number of aliphatic hydroxyl groups excluding tert-OH is 1. The van der Waals surface area contributed by atoms with Gasteiger partial charge in [0, 0.05) is 11.6 Å². The second-order valence-electron chi connectivity index (χ2n) is 5.67. The van der Waals surface area contributed by atoms with E-state index in [9.17, 15) is 20.0 Å². The van der Waals surface area contributed by atoms with E-state index >= 15 is 0 Å². The number of hydrazone groups is 1. The van der Waals surface area contributed by atoms with Crippen molar-refractivity contribution in [3.8, 4) is 11.3 Å². The largest absolute Gasteiger partial charge is 0.455 e. The van der Waals surface area contributed by atoms with Crippen molar-refractivity contribution in [2.75, 3.05) is 0 Å². The maximum atomic E-state index is 11.9. The van der Waals surface area contributed by atoms with E-state index in [0.717, 1.165) is 0 Å². The van der Waals surface area contributed by atoms with Gasteiger partial charge in [-0.25, -0.2) is 5.43 Å². The van der Waals surface area contributed by atoms with Gasteiger partial charge in [0.1, 0.15) is 16.5 Å². The molecule has 3 rings (SSSR count). The lowest BCUT2D eigenvalue weighted by Gasteiger charge is -2.08. The first-order chi connectivity index (χ1) is 13.5. The molecule has 0 unspecified atom stereocenters. The molecule has 9 heteroatoms. The zero-order valence-corrected chi connectivity index (χ0v) is 15.0. The lowest BCUT2D eigenvalue weighted by atomic mass is 10.1. The average molecular weight is 400 g/mol. The van der Waals surface area contributed by atoms with Crippen molar-refractivity contribution in [2.24, 2.45) is 5.10 Å². The van der Waals surface area contributed by atoms with Crippen LogP contribution in [0, 0.1) is 10.1 Å². The summed E-state index contributed by atoms with van der Waals surface area (Å²) in [6, 6.07) is 15.9. The van der Waals surface area contributed by atoms with Gasteiger partial charge in [0.15, 0.2) is 6.10 Å². The lowest BCUT2D eigenvalue weighted by molar-refractivity contribution is -0.384. The van der Waals surface area contributed by atoms with Crippen LogP contribution in [0.4, 0.5) is 5.69 Å². The number of carbonyl (C=O) groups is 1. The van der Waals surface area contributed by atoms with Crippen LogP contribution in [0.2, 0.25) is 5.02 Å². The summed E-state index contributed by atoms with van der Waals surface area (Å²) >= 11 is 5.80. The standard InChI is InChI=1S/C19H14ClN3O5/c20-15-8-6-13(10-16(15)23(26)27)17-9-7-14(28-17)11-21-22-19(25)18(24)12-4-2-1-3-5-12/h1-11,18,24H,(H,22,25)/b21-11-/t18-/m0/s1. The third-order valence-corrected chi connectivity index (χ3v) is 4.10. The van der Waals surface area contributed by atoms with Crippen molar-refractivity contribution in [3.05, 3.63) is 87.1 Å². The van der Waals surface area contributed by atoms with Crippen molar-refractivity contribution in [3.63, 3.8) is 0 Å². The molecule has 1 amide bonds. The van der Waals surface area contributed by atoms with E-state index in [0.29, 0.717) is 22.6 Å². The van der Waals surface area contributed by atoms with Crippen molar-refractivity contribution in [2.45, 2.75) is 6.10 Å². The molecule has 0 spiro atoms. The summed E-state index contributed by atoms with van der Waals surface area (Å²) in [6.07, 6.45) is -0.0937. The van der Waals surface area contributed by atoms with Crippen LogP contribution in [0.1, 0.15) is 17.4 Å². The molecular weight excluding hydrogens is 386 g/mol. The third-order valence-electron chi connectivity index (χ3n) is 3.78. The van der Waals surface area contributed by atoms with Gasteiger partial charge in [-0.2, -0.15) is 5.10 Å². The van der Waals surface area contributed by atoms with Crippen LogP contribution >= 0.6 is 11.6 Å². The third kappa shape index (κ3) is 4.43. The first-order valence-electron chi connectivity index (χ1n) is 8.06. The first kappa shape index (κ1) is 19.3. The molecule has 0 bridgehead atoms. The van der Waals surface area contributed by atoms with E-state index in [2.05, 4.69) is 10.5 Å². The molecule has 0 radical (unpaired) electrons. The highest BCUT2D eigenvalue weighted by Crippen LogP contribution is 2.31. The lowest BCUT2D eigenvalue weighted by Crippen LogP contribution is -2.25. The zero-order chi connectivity index (χ0) is 20.1. The van der Waals surface area contributed by atoms with E-state index in [1.54, 1.807) is 48.5 Å². The summed E-state index contributed by atoms with van der Waals surface area (Å²) in [6.45, 7) is 0. The Hall–Kier alpha value is -3.49. The molecule has 8 nitrogen and oxygen atoms in total. The minimum atomic E-state index is -1.35. The number of halogens is 1. The minimum Gasteiger partial charge on any atom is -0.455 e. The van der Waals surface area contributed by atoms with E-state index in [1.807, 2.05) is 0 Å². The van der Waals surface area contributed by atoms with Crippen molar-refractivity contribution >= 4 is 29.4 Å². The molecule has 1 aromatic heterocycles. The van der Waals surface area contributed by atoms with Gasteiger partial charge in [0.2, 0.25) is 0 Å². The quantitative estimate of drug-likeness (QED) is 0.372. The summed E-state index contributed by atoms with van der Waals surface area (Å²) in [5.74, 6) is -0.0125. The number of nitrogens with zero attached hydrogens (tertiary/aromatic N) is 2. The van der Waals surface area contributed by atoms with Gasteiger partial charge in [-0.1, -0.05) is 41.9 Å². The number of nitro groups is 1. The number of furan rings is 1. The monoisotopic (exact) mass is 399 g/mol. The van der Waals surface area contributed by atoms with Gasteiger partial charge in [-0.15, -0.1) is 0 Å². The molecular formula is C19H14ClN3O5. The van der Waals surface area contributed by atoms with Crippen molar-refractivity contribution in [1.82, 2.24) is 5.43 Å². The van der Waals surface area contributed by atoms with Crippen molar-refractivity contribution in [1.29, 1.82) is 0 Å². The highest BCUT2D eigenvalue weighted by molar-refractivity contribution is 6.32. The van der Waals surface area contributed by atoms with Gasteiger partial charge in [-0.3, -0.25) is 14.9 Å². The van der Waals surface area contributed by atoms with Crippen LogP contribution in [-0.4, -0.2) is 22.2 Å². The topological polar surface area (TPSA) is 118 Å². The Bertz CT molecular complexity index is 1030. The second kappa shape index (κ2) is 8.47. The number of carbonyl (C=O) groups excluding carboxylic acids is 1. The number of rotatable bonds is 6. The first-order valence-corrected chi connectivity index (χ1v) is 8.43. The normalized spacial score (nSPS) is 12.1. The molecule has 142 valence electrons. The Kier molecular flexibility index (Phi) is 5.83. The molecule has 2 N–H and O–H groups in total. The Balaban J connectivity index is 1.67. The smallest absolute Gasteiger partial charge is 0.288 e. The number of nitrogens with one attached hydrogen (secondary N) is 1. The van der Waals surface area contributed by atoms with Crippen molar-refractivity contribution < 1.29 is 19.2 Å². The molecule has 2 aromatic carbocycles. The molecule has 0 saturated carbocycles. The number of hydrogen-bond donors (Lipinski definition) is 2. The maximum absolute atomic E-state index is 11.9. The predicted molar refractivity (Wildman–Crippen MR) is 103 cm³/mol. The van der Waals surface area contributed by atoms with E-state index in [1.165, 1.54) is 18.3 Å². The molecule has 0 fully saturated rings. The molecule has 0 aliphatic rings. The summed E-state index contributed by atoms with van der Waals surface area (Å²) in [5, 5.41) is 24.7. The van der Waals surface area contributed by atoms with Gasteiger partial charge in [0.25, 0.3) is 11.6 Å². The van der Waals surface area contributed by atoms with Gasteiger partial charge in [-0.05, 0) is 29.8 Å². The SMILES string of the molecule is O=C(N/N=C\c1ccc(-c2ccc(Cl)c([N+](=O)[O-])c2)o1)[C@@H](O)c1ccccc1. The van der Waals surface area contributed by atoms with Gasteiger partial charge in [0.05, 0.1) is 11.1 Å². The van der Waals surface area contributed by atoms with E-state index < -0.39 is 16.9 Å². The predicted octanol–water partition coefficient (Wildman–Crippen LogP) is 3.69. The number of benzene rings is 2. The molecule has 3 aromatic rings. The van der Waals surface area contributed by atoms with E-state index in [-0.39, 0.29) is 10.7 Å². The Labute approximate surface area is 164 Å². The fourth-order valence-electron chi connectivity index (χ4n) is 2.39. The maximum Gasteiger partial charge on any atom is 0.288 e. The average Bonchev–Trinajstić information content (AvgIpc) is 3.17. The van der Waals surface area contributed by atoms with Crippen LogP contribution in [-0.2, 0) is 4.79 Å². The summed E-state index contributed by atoms with van der Waals surface area (Å²) in [4.78, 5) is 22.3. The summed E-state index contributed by atoms with van der Waals surface area (Å²) in [7, 11) is 0. The van der Waals surface area contributed by atoms with Crippen LogP contribution in [0.15, 0.2) is 70.2 Å². The molecule has 28 heavy (non-hydrogen) atoms. The number of amides is 1. The highest BCUT2D eigenvalue weighted by atomic mass is 35.5.